The Kier molecular flexibility index (Phi) is 9.60. The maximum absolute atomic E-state index is 13.2. The Labute approximate surface area is 312 Å². The number of hydrogen-bond donors (Lipinski definition) is 2. The summed E-state index contributed by atoms with van der Waals surface area (Å²) in [5.41, 5.74) is 6.46. The van der Waals surface area contributed by atoms with Crippen LogP contribution in [0.15, 0.2) is 137 Å². The summed E-state index contributed by atoms with van der Waals surface area (Å²) < 4.78 is 25.6. The molecule has 2 aliphatic rings. The number of benzene rings is 5. The molecule has 0 amide bonds. The van der Waals surface area contributed by atoms with Crippen LogP contribution < -0.4 is 20.7 Å². The number of H-pyrrole nitrogens is 1. The first-order valence-electron chi connectivity index (χ1n) is 17.9. The average Bonchev–Trinajstić information content (AvgIpc) is 3.78. The molecule has 0 radical (unpaired) electrons. The Balaban J connectivity index is 1.08. The molecule has 1 saturated heterocycles. The minimum atomic E-state index is -1.12. The quantitative estimate of drug-likeness (QED) is 0.139. The van der Waals surface area contributed by atoms with Gasteiger partial charge in [0.05, 0.1) is 32.5 Å². The van der Waals surface area contributed by atoms with Crippen molar-refractivity contribution in [3.63, 3.8) is 0 Å². The zero-order valence-electron chi connectivity index (χ0n) is 30.0. The number of fused-ring (bicyclic) bond motifs is 3. The summed E-state index contributed by atoms with van der Waals surface area (Å²) in [7, 11) is 3.24. The molecule has 5 aromatic carbocycles. The Morgan fingerprint density at radius 1 is 0.759 bits per heavy atom. The molecule has 54 heavy (non-hydrogen) atoms. The summed E-state index contributed by atoms with van der Waals surface area (Å²) in [6.45, 7) is -0.0169. The number of aromatic nitrogens is 2. The first kappa shape index (κ1) is 35.1. The van der Waals surface area contributed by atoms with Gasteiger partial charge in [0.1, 0.15) is 29.4 Å². The molecule has 2 N–H and O–H groups in total. The number of aromatic amines is 1. The molecule has 9 nitrogen and oxygen atoms in total. The van der Waals surface area contributed by atoms with Crippen molar-refractivity contribution in [2.75, 3.05) is 20.8 Å². The summed E-state index contributed by atoms with van der Waals surface area (Å²) in [6, 6.07) is 39.7. The molecule has 6 aromatic rings. The third-order valence-corrected chi connectivity index (χ3v) is 10.5. The van der Waals surface area contributed by atoms with Gasteiger partial charge in [-0.1, -0.05) is 103 Å². The second-order valence-corrected chi connectivity index (χ2v) is 13.5. The maximum atomic E-state index is 13.2. The molecule has 0 saturated carbocycles. The van der Waals surface area contributed by atoms with Crippen LogP contribution in [0.3, 0.4) is 0 Å². The highest BCUT2D eigenvalue weighted by Gasteiger charge is 2.42. The Bertz CT molecular complexity index is 2370. The first-order chi connectivity index (χ1) is 26.4. The number of methoxy groups -OCH3 is 2. The molecule has 1 aliphatic heterocycles. The van der Waals surface area contributed by atoms with Crippen molar-refractivity contribution in [1.82, 2.24) is 9.55 Å². The number of aliphatic hydroxyl groups excluding tert-OH is 1. The van der Waals surface area contributed by atoms with E-state index in [1.54, 1.807) is 20.3 Å². The third kappa shape index (κ3) is 6.47. The molecule has 3 atom stereocenters. The molecule has 0 bridgehead atoms. The highest BCUT2D eigenvalue weighted by atomic mass is 16.6. The maximum Gasteiger partial charge on any atom is 0.330 e. The largest absolute Gasteiger partial charge is 0.497 e. The van der Waals surface area contributed by atoms with Gasteiger partial charge in [-0.2, -0.15) is 0 Å². The lowest BCUT2D eigenvalue weighted by molar-refractivity contribution is -0.0944. The highest BCUT2D eigenvalue weighted by Crippen LogP contribution is 2.43. The fraction of sp³-hybridized carbons (Fsp3) is 0.200. The zero-order chi connectivity index (χ0) is 37.2. The van der Waals surface area contributed by atoms with Gasteiger partial charge in [-0.05, 0) is 81.3 Å². The number of hydrogen-bond acceptors (Lipinski definition) is 7. The molecule has 1 aromatic heterocycles. The van der Waals surface area contributed by atoms with Crippen molar-refractivity contribution in [3.05, 3.63) is 187 Å². The van der Waals surface area contributed by atoms with Gasteiger partial charge in [-0.3, -0.25) is 14.3 Å². The van der Waals surface area contributed by atoms with Gasteiger partial charge < -0.3 is 24.1 Å². The van der Waals surface area contributed by atoms with E-state index in [1.165, 1.54) is 33.0 Å². The smallest absolute Gasteiger partial charge is 0.330 e. The van der Waals surface area contributed by atoms with Gasteiger partial charge in [0.15, 0.2) is 0 Å². The van der Waals surface area contributed by atoms with Crippen LogP contribution in [0.2, 0.25) is 0 Å². The Hall–Kier alpha value is -6.00. The van der Waals surface area contributed by atoms with Crippen LogP contribution in [0.4, 0.5) is 0 Å². The average molecular weight is 721 g/mol. The predicted octanol–water partition coefficient (Wildman–Crippen LogP) is 6.95. The second kappa shape index (κ2) is 14.8. The normalized spacial score (nSPS) is 17.7. The van der Waals surface area contributed by atoms with Crippen LogP contribution in [-0.2, 0) is 21.5 Å². The minimum Gasteiger partial charge on any atom is -0.497 e. The number of ether oxygens (including phenoxy) is 4. The van der Waals surface area contributed by atoms with Crippen LogP contribution in [0.5, 0.6) is 11.5 Å². The summed E-state index contributed by atoms with van der Waals surface area (Å²) in [4.78, 5) is 28.7. The molecular formula is C45H40N2O7. The topological polar surface area (TPSA) is 112 Å². The summed E-state index contributed by atoms with van der Waals surface area (Å²) in [5.74, 6) is 1.40. The van der Waals surface area contributed by atoms with Crippen LogP contribution in [-0.4, -0.2) is 47.7 Å². The van der Waals surface area contributed by atoms with E-state index in [1.807, 2.05) is 109 Å². The van der Waals surface area contributed by atoms with E-state index in [0.717, 1.165) is 28.7 Å². The van der Waals surface area contributed by atoms with E-state index in [9.17, 15) is 14.7 Å². The first-order valence-corrected chi connectivity index (χ1v) is 17.9. The monoisotopic (exact) mass is 720 g/mol. The molecule has 1 fully saturated rings. The van der Waals surface area contributed by atoms with Crippen LogP contribution in [0.1, 0.15) is 51.6 Å². The van der Waals surface area contributed by atoms with Crippen LogP contribution in [0.25, 0.3) is 23.3 Å². The predicted molar refractivity (Wildman–Crippen MR) is 208 cm³/mol. The van der Waals surface area contributed by atoms with Gasteiger partial charge >= 0.3 is 5.69 Å². The number of aliphatic hydroxyl groups is 1. The van der Waals surface area contributed by atoms with E-state index in [4.69, 9.17) is 18.9 Å². The van der Waals surface area contributed by atoms with Crippen molar-refractivity contribution >= 4 is 12.2 Å². The molecular weight excluding hydrogens is 681 g/mol. The molecule has 0 spiro atoms. The minimum absolute atomic E-state index is 0.0169. The third-order valence-electron chi connectivity index (χ3n) is 10.5. The lowest BCUT2D eigenvalue weighted by Gasteiger charge is -2.37. The van der Waals surface area contributed by atoms with Crippen LogP contribution in [0, 0.1) is 0 Å². The lowest BCUT2D eigenvalue weighted by Crippen LogP contribution is -2.38. The van der Waals surface area contributed by atoms with E-state index in [0.29, 0.717) is 17.1 Å². The fourth-order valence-corrected chi connectivity index (χ4v) is 7.67. The van der Waals surface area contributed by atoms with Crippen LogP contribution >= 0.6 is 0 Å². The van der Waals surface area contributed by atoms with Gasteiger partial charge in [0.25, 0.3) is 5.56 Å². The standard InChI is InChI=1S/C45H40N2O7/c1-51-35-21-17-33(18-22-35)45(32-11-4-3-5-12-32,34-19-23-36(52-2)24-20-34)53-28-41-40(48)26-42(54-41)47-27-31(43(49)46-44(47)50)16-15-29-10-8-14-38-37-13-7-6-9-30(37)25-39(29)38/h3-24,27,40-42,48H,25-26,28H2,1-2H3,(H,46,49,50)/b16-15+/t40-,41+,42+/m0/s1. The van der Waals surface area contributed by atoms with Crippen molar-refractivity contribution in [1.29, 1.82) is 0 Å². The number of nitrogens with one attached hydrogen (secondary N) is 1. The molecule has 2 heterocycles. The summed E-state index contributed by atoms with van der Waals surface area (Å²) in [5, 5.41) is 11.4. The molecule has 1 aliphatic carbocycles. The van der Waals surface area contributed by atoms with Gasteiger partial charge in [-0.25, -0.2) is 4.79 Å². The Morgan fingerprint density at radius 3 is 2.06 bits per heavy atom. The molecule has 0 unspecified atom stereocenters. The zero-order valence-corrected chi connectivity index (χ0v) is 30.0. The van der Waals surface area contributed by atoms with E-state index in [-0.39, 0.29) is 13.0 Å². The summed E-state index contributed by atoms with van der Waals surface area (Å²) >= 11 is 0. The second-order valence-electron chi connectivity index (χ2n) is 13.5. The van der Waals surface area contributed by atoms with E-state index in [2.05, 4.69) is 23.2 Å². The summed E-state index contributed by atoms with van der Waals surface area (Å²) in [6.07, 6.45) is 3.47. The van der Waals surface area contributed by atoms with Crippen molar-refractivity contribution in [2.45, 2.75) is 36.9 Å². The van der Waals surface area contributed by atoms with Gasteiger partial charge in [0, 0.05) is 12.6 Å². The highest BCUT2D eigenvalue weighted by molar-refractivity contribution is 5.83. The molecule has 272 valence electrons. The van der Waals surface area contributed by atoms with Crippen molar-refractivity contribution in [3.8, 4) is 22.6 Å². The molecule has 8 rings (SSSR count). The van der Waals surface area contributed by atoms with Gasteiger partial charge in [-0.15, -0.1) is 0 Å². The van der Waals surface area contributed by atoms with E-state index >= 15 is 0 Å². The van der Waals surface area contributed by atoms with E-state index < -0.39 is 35.3 Å². The Morgan fingerprint density at radius 2 is 1.37 bits per heavy atom. The fourth-order valence-electron chi connectivity index (χ4n) is 7.67. The molecule has 9 heteroatoms. The number of rotatable bonds is 11. The SMILES string of the molecule is COc1ccc(C(OC[C@H]2O[C@@H](n3cc(/C=C/c4cccc5c4Cc4ccccc4-5)c(=O)[nH]c3=O)C[C@@H]2O)(c2ccccc2)c2ccc(OC)cc2)cc1. The number of nitrogens with zero attached hydrogens (tertiary/aromatic N) is 1. The van der Waals surface area contributed by atoms with Crippen molar-refractivity contribution in [2.24, 2.45) is 0 Å². The lowest BCUT2D eigenvalue weighted by atomic mass is 9.80. The van der Waals surface area contributed by atoms with Crippen molar-refractivity contribution < 1.29 is 24.1 Å². The van der Waals surface area contributed by atoms with Gasteiger partial charge in [0.2, 0.25) is 0 Å².